The Morgan fingerprint density at radius 3 is 2.65 bits per heavy atom. The van der Waals surface area contributed by atoms with Crippen molar-refractivity contribution in [3.8, 4) is 0 Å². The van der Waals surface area contributed by atoms with Crippen molar-refractivity contribution in [2.24, 2.45) is 0 Å². The van der Waals surface area contributed by atoms with Crippen LogP contribution in [-0.2, 0) is 14.8 Å². The molecule has 0 fully saturated rings. The van der Waals surface area contributed by atoms with Crippen LogP contribution in [0.1, 0.15) is 20.3 Å². The van der Waals surface area contributed by atoms with E-state index in [1.54, 1.807) is 6.07 Å². The number of hydrogen-bond acceptors (Lipinski definition) is 3. The molecule has 20 heavy (non-hydrogen) atoms. The molecule has 0 saturated heterocycles. The van der Waals surface area contributed by atoms with Gasteiger partial charge in [-0.15, -0.1) is 0 Å². The Morgan fingerprint density at radius 1 is 1.45 bits per heavy atom. The summed E-state index contributed by atoms with van der Waals surface area (Å²) in [5, 5.41) is 2.71. The Balaban J connectivity index is 2.87. The van der Waals surface area contributed by atoms with Gasteiger partial charge in [0.15, 0.2) is 0 Å². The third-order valence-electron chi connectivity index (χ3n) is 2.46. The quantitative estimate of drug-likeness (QED) is 0.791. The van der Waals surface area contributed by atoms with Gasteiger partial charge in [-0.3, -0.25) is 4.79 Å². The number of halogens is 2. The maximum Gasteiger partial charge on any atom is 0.242 e. The number of rotatable bonds is 6. The second-order valence-corrected chi connectivity index (χ2v) is 7.21. The minimum absolute atomic E-state index is 0.0579. The van der Waals surface area contributed by atoms with Crippen LogP contribution in [0.3, 0.4) is 0 Å². The Kier molecular flexibility index (Phi) is 6.44. The van der Waals surface area contributed by atoms with Crippen LogP contribution in [0, 0.1) is 0 Å². The van der Waals surface area contributed by atoms with Crippen LogP contribution in [0.25, 0.3) is 0 Å². The predicted octanol–water partition coefficient (Wildman–Crippen LogP) is 2.30. The topological polar surface area (TPSA) is 75.3 Å². The Bertz CT molecular complexity index is 592. The Hall–Kier alpha value is -0.630. The number of sulfonamides is 1. The molecule has 0 bridgehead atoms. The van der Waals surface area contributed by atoms with E-state index in [2.05, 4.69) is 26.0 Å². The SMILES string of the molecule is CCCNC(=O)C(C)NS(=O)(=O)c1ccc(Br)cc1Cl. The molecule has 0 radical (unpaired) electrons. The highest BCUT2D eigenvalue weighted by molar-refractivity contribution is 9.10. The van der Waals surface area contributed by atoms with E-state index >= 15 is 0 Å². The third kappa shape index (κ3) is 4.73. The molecule has 1 aromatic rings. The zero-order valence-corrected chi connectivity index (χ0v) is 14.3. The van der Waals surface area contributed by atoms with Crippen LogP contribution in [0.4, 0.5) is 0 Å². The molecule has 1 aromatic carbocycles. The number of hydrogen-bond donors (Lipinski definition) is 2. The summed E-state index contributed by atoms with van der Waals surface area (Å²) in [7, 11) is -3.84. The first-order chi connectivity index (χ1) is 9.27. The van der Waals surface area contributed by atoms with Gasteiger partial charge in [-0.1, -0.05) is 34.5 Å². The number of carbonyl (C=O) groups is 1. The summed E-state index contributed by atoms with van der Waals surface area (Å²) < 4.78 is 27.3. The monoisotopic (exact) mass is 382 g/mol. The van der Waals surface area contributed by atoms with Gasteiger partial charge in [0.1, 0.15) is 4.90 Å². The fourth-order valence-electron chi connectivity index (χ4n) is 1.44. The Morgan fingerprint density at radius 2 is 2.10 bits per heavy atom. The lowest BCUT2D eigenvalue weighted by molar-refractivity contribution is -0.122. The molecule has 0 aromatic heterocycles. The lowest BCUT2D eigenvalue weighted by Gasteiger charge is -2.15. The van der Waals surface area contributed by atoms with E-state index in [1.165, 1.54) is 19.1 Å². The number of nitrogens with one attached hydrogen (secondary N) is 2. The molecule has 0 heterocycles. The van der Waals surface area contributed by atoms with E-state index in [-0.39, 0.29) is 15.8 Å². The van der Waals surface area contributed by atoms with E-state index in [9.17, 15) is 13.2 Å². The molecule has 2 N–H and O–H groups in total. The van der Waals surface area contributed by atoms with Gasteiger partial charge in [-0.05, 0) is 31.5 Å². The molecule has 112 valence electrons. The first kappa shape index (κ1) is 17.4. The van der Waals surface area contributed by atoms with E-state index in [0.29, 0.717) is 11.0 Å². The van der Waals surface area contributed by atoms with Gasteiger partial charge < -0.3 is 5.32 Å². The van der Waals surface area contributed by atoms with Crippen molar-refractivity contribution < 1.29 is 13.2 Å². The predicted molar refractivity (Wildman–Crippen MR) is 82.2 cm³/mol. The van der Waals surface area contributed by atoms with Crippen molar-refractivity contribution in [3.05, 3.63) is 27.7 Å². The third-order valence-corrected chi connectivity index (χ3v) is 4.97. The van der Waals surface area contributed by atoms with Crippen LogP contribution in [0.2, 0.25) is 5.02 Å². The molecule has 0 aliphatic carbocycles. The maximum absolute atomic E-state index is 12.2. The zero-order valence-electron chi connectivity index (χ0n) is 11.1. The van der Waals surface area contributed by atoms with Gasteiger partial charge in [0, 0.05) is 11.0 Å². The molecular formula is C12H16BrClN2O3S. The summed E-state index contributed by atoms with van der Waals surface area (Å²) in [6.07, 6.45) is 0.781. The summed E-state index contributed by atoms with van der Waals surface area (Å²) in [5.41, 5.74) is 0. The standard InChI is InChI=1S/C12H16BrClN2O3S/c1-3-6-15-12(17)8(2)16-20(18,19)11-5-4-9(13)7-10(11)14/h4-5,7-8,16H,3,6H2,1-2H3,(H,15,17). The van der Waals surface area contributed by atoms with Crippen molar-refractivity contribution in [2.45, 2.75) is 31.2 Å². The molecular weight excluding hydrogens is 368 g/mol. The number of benzene rings is 1. The van der Waals surface area contributed by atoms with Gasteiger partial charge in [0.05, 0.1) is 11.1 Å². The molecule has 1 atom stereocenters. The fraction of sp³-hybridized carbons (Fsp3) is 0.417. The van der Waals surface area contributed by atoms with Gasteiger partial charge in [0.2, 0.25) is 15.9 Å². The summed E-state index contributed by atoms with van der Waals surface area (Å²) >= 11 is 9.11. The lowest BCUT2D eigenvalue weighted by Crippen LogP contribution is -2.44. The smallest absolute Gasteiger partial charge is 0.242 e. The van der Waals surface area contributed by atoms with Crippen LogP contribution < -0.4 is 10.0 Å². The van der Waals surface area contributed by atoms with Crippen molar-refractivity contribution in [1.29, 1.82) is 0 Å². The Labute approximate surface area is 132 Å². The van der Waals surface area contributed by atoms with E-state index < -0.39 is 16.1 Å². The van der Waals surface area contributed by atoms with Gasteiger partial charge in [-0.25, -0.2) is 8.42 Å². The number of carbonyl (C=O) groups excluding carboxylic acids is 1. The van der Waals surface area contributed by atoms with E-state index in [1.807, 2.05) is 6.92 Å². The minimum Gasteiger partial charge on any atom is -0.355 e. The van der Waals surface area contributed by atoms with Gasteiger partial charge >= 0.3 is 0 Å². The van der Waals surface area contributed by atoms with Crippen LogP contribution >= 0.6 is 27.5 Å². The summed E-state index contributed by atoms with van der Waals surface area (Å²) in [4.78, 5) is 11.6. The summed E-state index contributed by atoms with van der Waals surface area (Å²) in [5.74, 6) is -0.372. The molecule has 0 saturated carbocycles. The molecule has 1 amide bonds. The summed E-state index contributed by atoms with van der Waals surface area (Å²) in [6, 6.07) is 3.57. The lowest BCUT2D eigenvalue weighted by atomic mass is 10.3. The highest BCUT2D eigenvalue weighted by atomic mass is 79.9. The largest absolute Gasteiger partial charge is 0.355 e. The van der Waals surface area contributed by atoms with Crippen LogP contribution in [-0.4, -0.2) is 26.9 Å². The van der Waals surface area contributed by atoms with Crippen molar-refractivity contribution >= 4 is 43.5 Å². The van der Waals surface area contributed by atoms with Gasteiger partial charge in [-0.2, -0.15) is 4.72 Å². The second kappa shape index (κ2) is 7.40. The van der Waals surface area contributed by atoms with Crippen molar-refractivity contribution in [1.82, 2.24) is 10.0 Å². The van der Waals surface area contributed by atoms with E-state index in [4.69, 9.17) is 11.6 Å². The average Bonchev–Trinajstić information content (AvgIpc) is 2.34. The van der Waals surface area contributed by atoms with Crippen molar-refractivity contribution in [3.63, 3.8) is 0 Å². The summed E-state index contributed by atoms with van der Waals surface area (Å²) in [6.45, 7) is 3.90. The molecule has 0 aliphatic heterocycles. The first-order valence-electron chi connectivity index (χ1n) is 6.03. The zero-order chi connectivity index (χ0) is 15.3. The molecule has 0 aliphatic rings. The maximum atomic E-state index is 12.2. The van der Waals surface area contributed by atoms with Crippen LogP contribution in [0.5, 0.6) is 0 Å². The highest BCUT2D eigenvalue weighted by Crippen LogP contribution is 2.25. The van der Waals surface area contributed by atoms with Gasteiger partial charge in [0.25, 0.3) is 0 Å². The average molecular weight is 384 g/mol. The fourth-order valence-corrected chi connectivity index (χ4v) is 3.68. The second-order valence-electron chi connectivity index (χ2n) is 4.21. The molecule has 1 unspecified atom stereocenters. The van der Waals surface area contributed by atoms with Crippen molar-refractivity contribution in [2.75, 3.05) is 6.54 Å². The van der Waals surface area contributed by atoms with Crippen LogP contribution in [0.15, 0.2) is 27.6 Å². The molecule has 8 heteroatoms. The van der Waals surface area contributed by atoms with E-state index in [0.717, 1.165) is 6.42 Å². The molecule has 1 rings (SSSR count). The number of amides is 1. The highest BCUT2D eigenvalue weighted by Gasteiger charge is 2.23. The normalized spacial score (nSPS) is 13.0. The first-order valence-corrected chi connectivity index (χ1v) is 8.68. The minimum atomic E-state index is -3.84. The molecule has 0 spiro atoms. The molecule has 5 nitrogen and oxygen atoms in total.